The van der Waals surface area contributed by atoms with Crippen molar-refractivity contribution in [2.45, 2.75) is 31.1 Å². The SMILES string of the molecule is COCCC1(CNC(=O)c2cc(S(N)(=O)=O)c(C)s2)CC1. The van der Waals surface area contributed by atoms with Gasteiger partial charge in [0.15, 0.2) is 0 Å². The maximum absolute atomic E-state index is 12.1. The van der Waals surface area contributed by atoms with Gasteiger partial charge in [-0.05, 0) is 37.7 Å². The lowest BCUT2D eigenvalue weighted by Crippen LogP contribution is -2.30. The summed E-state index contributed by atoms with van der Waals surface area (Å²) in [7, 11) is -2.11. The molecule has 3 N–H and O–H groups in total. The molecule has 0 bridgehead atoms. The largest absolute Gasteiger partial charge is 0.385 e. The maximum atomic E-state index is 12.1. The number of nitrogens with one attached hydrogen (secondary N) is 1. The molecule has 2 rings (SSSR count). The summed E-state index contributed by atoms with van der Waals surface area (Å²) >= 11 is 1.14. The fourth-order valence-corrected chi connectivity index (χ4v) is 4.29. The van der Waals surface area contributed by atoms with Gasteiger partial charge in [0.05, 0.1) is 9.77 Å². The molecule has 0 saturated heterocycles. The van der Waals surface area contributed by atoms with Crippen molar-refractivity contribution in [1.82, 2.24) is 5.32 Å². The second kappa shape index (κ2) is 6.04. The average Bonchev–Trinajstić information content (AvgIpc) is 3.06. The summed E-state index contributed by atoms with van der Waals surface area (Å²) in [6.07, 6.45) is 3.10. The number of sulfonamides is 1. The van der Waals surface area contributed by atoms with Crippen LogP contribution in [0.15, 0.2) is 11.0 Å². The topological polar surface area (TPSA) is 98.5 Å². The van der Waals surface area contributed by atoms with Crippen LogP contribution in [0.2, 0.25) is 0 Å². The Morgan fingerprint density at radius 2 is 2.19 bits per heavy atom. The Morgan fingerprint density at radius 3 is 2.67 bits per heavy atom. The first-order valence-corrected chi connectivity index (χ1v) is 9.04. The van der Waals surface area contributed by atoms with Crippen molar-refractivity contribution in [1.29, 1.82) is 0 Å². The Kier molecular flexibility index (Phi) is 4.72. The number of hydrogen-bond donors (Lipinski definition) is 2. The van der Waals surface area contributed by atoms with E-state index in [2.05, 4.69) is 5.32 Å². The molecular weight excluding hydrogens is 312 g/mol. The number of hydrogen-bond acceptors (Lipinski definition) is 5. The molecule has 8 heteroatoms. The molecule has 1 aliphatic rings. The molecular formula is C13H20N2O4S2. The number of carbonyl (C=O) groups is 1. The fourth-order valence-electron chi connectivity index (χ4n) is 2.23. The summed E-state index contributed by atoms with van der Waals surface area (Å²) in [5, 5.41) is 8.00. The monoisotopic (exact) mass is 332 g/mol. The third-order valence-electron chi connectivity index (χ3n) is 3.82. The van der Waals surface area contributed by atoms with Crippen LogP contribution in [0.4, 0.5) is 0 Å². The molecule has 1 aliphatic carbocycles. The van der Waals surface area contributed by atoms with E-state index in [-0.39, 0.29) is 16.2 Å². The number of aryl methyl sites for hydroxylation is 1. The highest BCUT2D eigenvalue weighted by atomic mass is 32.2. The number of ether oxygens (including phenoxy) is 1. The van der Waals surface area contributed by atoms with E-state index in [4.69, 9.17) is 9.88 Å². The minimum Gasteiger partial charge on any atom is -0.385 e. The molecule has 118 valence electrons. The highest BCUT2D eigenvalue weighted by Gasteiger charge is 2.42. The van der Waals surface area contributed by atoms with Gasteiger partial charge in [-0.3, -0.25) is 4.79 Å². The minimum absolute atomic E-state index is 0.0261. The zero-order valence-corrected chi connectivity index (χ0v) is 13.8. The first-order valence-electron chi connectivity index (χ1n) is 6.68. The van der Waals surface area contributed by atoms with Gasteiger partial charge in [-0.25, -0.2) is 13.6 Å². The van der Waals surface area contributed by atoms with Gasteiger partial charge in [0, 0.05) is 25.1 Å². The maximum Gasteiger partial charge on any atom is 0.261 e. The van der Waals surface area contributed by atoms with E-state index in [0.29, 0.717) is 22.9 Å². The number of methoxy groups -OCH3 is 1. The van der Waals surface area contributed by atoms with Crippen molar-refractivity contribution in [2.24, 2.45) is 10.6 Å². The Morgan fingerprint density at radius 1 is 1.52 bits per heavy atom. The van der Waals surface area contributed by atoms with E-state index in [1.807, 2.05) is 0 Å². The van der Waals surface area contributed by atoms with Gasteiger partial charge >= 0.3 is 0 Å². The molecule has 1 saturated carbocycles. The number of thiophene rings is 1. The molecule has 0 atom stereocenters. The van der Waals surface area contributed by atoms with Crippen molar-refractivity contribution in [2.75, 3.05) is 20.3 Å². The van der Waals surface area contributed by atoms with Crippen LogP contribution in [-0.4, -0.2) is 34.6 Å². The zero-order chi connectivity index (χ0) is 15.7. The van der Waals surface area contributed by atoms with E-state index in [0.717, 1.165) is 30.6 Å². The fraction of sp³-hybridized carbons (Fsp3) is 0.615. The van der Waals surface area contributed by atoms with Crippen LogP contribution in [0.3, 0.4) is 0 Å². The molecule has 1 aromatic heterocycles. The first-order chi connectivity index (χ1) is 9.77. The molecule has 6 nitrogen and oxygen atoms in total. The summed E-state index contributed by atoms with van der Waals surface area (Å²) in [5.74, 6) is -0.248. The third-order valence-corrected chi connectivity index (χ3v) is 6.04. The lowest BCUT2D eigenvalue weighted by Gasteiger charge is -2.14. The molecule has 1 amide bonds. The molecule has 21 heavy (non-hydrogen) atoms. The van der Waals surface area contributed by atoms with Crippen LogP contribution < -0.4 is 10.5 Å². The highest BCUT2D eigenvalue weighted by Crippen LogP contribution is 2.48. The second-order valence-corrected chi connectivity index (χ2v) is 8.29. The zero-order valence-electron chi connectivity index (χ0n) is 12.1. The van der Waals surface area contributed by atoms with Crippen molar-refractivity contribution in [3.63, 3.8) is 0 Å². The van der Waals surface area contributed by atoms with E-state index < -0.39 is 10.0 Å². The van der Waals surface area contributed by atoms with Crippen molar-refractivity contribution in [3.8, 4) is 0 Å². The van der Waals surface area contributed by atoms with Gasteiger partial charge in [0.2, 0.25) is 10.0 Å². The molecule has 1 fully saturated rings. The standard InChI is InChI=1S/C13H20N2O4S2/c1-9-11(21(14,17)18)7-10(20-9)12(16)15-8-13(3-4-13)5-6-19-2/h7H,3-6,8H2,1-2H3,(H,15,16)(H2,14,17,18). The normalized spacial score (nSPS) is 16.7. The van der Waals surface area contributed by atoms with Crippen LogP contribution in [-0.2, 0) is 14.8 Å². The van der Waals surface area contributed by atoms with Gasteiger partial charge in [0.1, 0.15) is 0 Å². The molecule has 0 aliphatic heterocycles. The number of primary sulfonamides is 1. The summed E-state index contributed by atoms with van der Waals surface area (Å²) in [6, 6.07) is 1.35. The van der Waals surface area contributed by atoms with Crippen LogP contribution in [0, 0.1) is 12.3 Å². The Labute approximate surface area is 128 Å². The predicted molar refractivity (Wildman–Crippen MR) is 80.9 cm³/mol. The summed E-state index contributed by atoms with van der Waals surface area (Å²) in [5.41, 5.74) is 0.154. The quantitative estimate of drug-likeness (QED) is 0.785. The smallest absolute Gasteiger partial charge is 0.261 e. The first kappa shape index (κ1) is 16.4. The predicted octanol–water partition coefficient (Wildman–Crippen LogP) is 1.25. The van der Waals surface area contributed by atoms with Gasteiger partial charge in [-0.15, -0.1) is 11.3 Å². The van der Waals surface area contributed by atoms with E-state index in [9.17, 15) is 13.2 Å². The van der Waals surface area contributed by atoms with Crippen LogP contribution >= 0.6 is 11.3 Å². The molecule has 0 unspecified atom stereocenters. The highest BCUT2D eigenvalue weighted by molar-refractivity contribution is 7.89. The van der Waals surface area contributed by atoms with Crippen molar-refractivity contribution >= 4 is 27.3 Å². The van der Waals surface area contributed by atoms with E-state index in [1.54, 1.807) is 14.0 Å². The average molecular weight is 332 g/mol. The van der Waals surface area contributed by atoms with Gasteiger partial charge in [0.25, 0.3) is 5.91 Å². The lowest BCUT2D eigenvalue weighted by molar-refractivity contribution is 0.0942. The Balaban J connectivity index is 1.99. The Hall–Kier alpha value is -0.960. The minimum atomic E-state index is -3.78. The summed E-state index contributed by atoms with van der Waals surface area (Å²) in [6.45, 7) is 2.92. The molecule has 0 aromatic carbocycles. The molecule has 0 radical (unpaired) electrons. The molecule has 0 spiro atoms. The number of nitrogens with two attached hydrogens (primary N) is 1. The van der Waals surface area contributed by atoms with E-state index in [1.165, 1.54) is 6.07 Å². The van der Waals surface area contributed by atoms with Gasteiger partial charge in [-0.1, -0.05) is 0 Å². The lowest BCUT2D eigenvalue weighted by atomic mass is 10.0. The summed E-state index contributed by atoms with van der Waals surface area (Å²) in [4.78, 5) is 13.0. The third kappa shape index (κ3) is 4.03. The van der Waals surface area contributed by atoms with Gasteiger partial charge in [-0.2, -0.15) is 0 Å². The van der Waals surface area contributed by atoms with E-state index >= 15 is 0 Å². The van der Waals surface area contributed by atoms with Crippen molar-refractivity contribution in [3.05, 3.63) is 15.8 Å². The van der Waals surface area contributed by atoms with Crippen LogP contribution in [0.1, 0.15) is 33.8 Å². The number of rotatable bonds is 7. The Bertz CT molecular complexity index is 633. The van der Waals surface area contributed by atoms with Crippen LogP contribution in [0.5, 0.6) is 0 Å². The molecule has 1 heterocycles. The second-order valence-electron chi connectivity index (χ2n) is 5.50. The number of carbonyl (C=O) groups excluding carboxylic acids is 1. The van der Waals surface area contributed by atoms with Crippen LogP contribution in [0.25, 0.3) is 0 Å². The van der Waals surface area contributed by atoms with Gasteiger partial charge < -0.3 is 10.1 Å². The number of amides is 1. The molecule has 1 aromatic rings. The summed E-state index contributed by atoms with van der Waals surface area (Å²) < 4.78 is 27.8. The van der Waals surface area contributed by atoms with Crippen molar-refractivity contribution < 1.29 is 17.9 Å².